The maximum atomic E-state index is 10.6. The second-order valence-electron chi connectivity index (χ2n) is 4.33. The van der Waals surface area contributed by atoms with E-state index in [1.807, 2.05) is 6.07 Å². The largest absolute Gasteiger partial charge is 0.360 e. The molecule has 0 saturated carbocycles. The number of hydrogen-bond donors (Lipinski definition) is 0. The van der Waals surface area contributed by atoms with E-state index in [1.54, 1.807) is 36.2 Å². The molecule has 1 fully saturated rings. The number of ether oxygens (including phenoxy) is 1. The van der Waals surface area contributed by atoms with Gasteiger partial charge in [0, 0.05) is 20.4 Å². The van der Waals surface area contributed by atoms with Gasteiger partial charge in [-0.05, 0) is 11.6 Å². The first-order valence-electron chi connectivity index (χ1n) is 5.85. The van der Waals surface area contributed by atoms with E-state index in [-0.39, 0.29) is 12.2 Å². The number of halogens is 1. The van der Waals surface area contributed by atoms with Gasteiger partial charge >= 0.3 is 0 Å². The molecule has 108 valence electrons. The van der Waals surface area contributed by atoms with Crippen LogP contribution in [-0.2, 0) is 11.3 Å². The van der Waals surface area contributed by atoms with Crippen LogP contribution in [0.3, 0.4) is 0 Å². The highest BCUT2D eigenvalue weighted by Crippen LogP contribution is 2.19. The SMILES string of the molecule is COC1CN(C)C(=N[N+](=O)[O-])N1Cc1ccc(Cl)nc1. The number of methoxy groups -OCH3 is 1. The van der Waals surface area contributed by atoms with Gasteiger partial charge in [-0.2, -0.15) is 0 Å². The minimum absolute atomic E-state index is 0.261. The van der Waals surface area contributed by atoms with E-state index in [4.69, 9.17) is 16.3 Å². The zero-order valence-electron chi connectivity index (χ0n) is 11.1. The Morgan fingerprint density at radius 2 is 2.40 bits per heavy atom. The Hall–Kier alpha value is -1.93. The lowest BCUT2D eigenvalue weighted by atomic mass is 10.2. The fourth-order valence-electron chi connectivity index (χ4n) is 2.04. The van der Waals surface area contributed by atoms with E-state index < -0.39 is 5.03 Å². The summed E-state index contributed by atoms with van der Waals surface area (Å²) in [4.78, 5) is 18.0. The molecule has 0 radical (unpaired) electrons. The van der Waals surface area contributed by atoms with Crippen LogP contribution < -0.4 is 0 Å². The highest BCUT2D eigenvalue weighted by atomic mass is 35.5. The molecular weight excluding hydrogens is 286 g/mol. The lowest BCUT2D eigenvalue weighted by molar-refractivity contribution is -0.486. The monoisotopic (exact) mass is 299 g/mol. The molecule has 0 aliphatic carbocycles. The van der Waals surface area contributed by atoms with E-state index in [1.165, 1.54) is 0 Å². The van der Waals surface area contributed by atoms with Crippen LogP contribution >= 0.6 is 11.6 Å². The summed E-state index contributed by atoms with van der Waals surface area (Å²) in [7, 11) is 3.29. The second kappa shape index (κ2) is 6.02. The van der Waals surface area contributed by atoms with E-state index in [0.717, 1.165) is 5.56 Å². The Morgan fingerprint density at radius 3 is 2.95 bits per heavy atom. The predicted molar refractivity (Wildman–Crippen MR) is 72.6 cm³/mol. The van der Waals surface area contributed by atoms with Crippen LogP contribution in [0.25, 0.3) is 0 Å². The van der Waals surface area contributed by atoms with Crippen molar-refractivity contribution < 1.29 is 9.77 Å². The van der Waals surface area contributed by atoms with Gasteiger partial charge in [-0.25, -0.2) is 15.1 Å². The number of nitrogens with zero attached hydrogens (tertiary/aromatic N) is 5. The van der Waals surface area contributed by atoms with Crippen molar-refractivity contribution in [2.24, 2.45) is 5.10 Å². The number of guanidine groups is 1. The molecule has 0 amide bonds. The fraction of sp³-hybridized carbons (Fsp3) is 0.455. The van der Waals surface area contributed by atoms with Crippen LogP contribution in [0.2, 0.25) is 5.15 Å². The molecule has 1 aliphatic rings. The highest BCUT2D eigenvalue weighted by molar-refractivity contribution is 6.29. The molecule has 1 saturated heterocycles. The Balaban J connectivity index is 2.24. The van der Waals surface area contributed by atoms with Gasteiger partial charge in [0.25, 0.3) is 5.96 Å². The van der Waals surface area contributed by atoms with Crippen LogP contribution in [0.15, 0.2) is 23.4 Å². The maximum absolute atomic E-state index is 10.6. The normalized spacial score (nSPS) is 20.8. The summed E-state index contributed by atoms with van der Waals surface area (Å²) in [5.74, 6) is 0.261. The first kappa shape index (κ1) is 14.5. The molecule has 0 bridgehead atoms. The number of pyridine rings is 1. The number of nitro groups is 1. The standard InChI is InChI=1S/C11H14ClN5O3/c1-15-7-10(20-2)16(11(15)14-17(18)19)6-8-3-4-9(12)13-5-8/h3-5,10H,6-7H2,1-2H3. The van der Waals surface area contributed by atoms with Crippen LogP contribution in [0.5, 0.6) is 0 Å². The summed E-state index contributed by atoms with van der Waals surface area (Å²) in [6.45, 7) is 0.907. The lowest BCUT2D eigenvalue weighted by Crippen LogP contribution is -2.36. The third-order valence-electron chi connectivity index (χ3n) is 2.96. The van der Waals surface area contributed by atoms with Crippen molar-refractivity contribution in [1.29, 1.82) is 0 Å². The molecule has 9 heteroatoms. The number of aromatic nitrogens is 1. The molecule has 1 aromatic heterocycles. The van der Waals surface area contributed by atoms with Gasteiger partial charge in [-0.15, -0.1) is 0 Å². The molecule has 1 aliphatic heterocycles. The fourth-order valence-corrected chi connectivity index (χ4v) is 2.15. The van der Waals surface area contributed by atoms with Crippen molar-refractivity contribution in [2.75, 3.05) is 20.7 Å². The summed E-state index contributed by atoms with van der Waals surface area (Å²) >= 11 is 5.73. The zero-order chi connectivity index (χ0) is 14.7. The highest BCUT2D eigenvalue weighted by Gasteiger charge is 2.35. The average Bonchev–Trinajstić information content (AvgIpc) is 2.69. The molecule has 0 aromatic carbocycles. The van der Waals surface area contributed by atoms with E-state index in [2.05, 4.69) is 10.1 Å². The molecule has 20 heavy (non-hydrogen) atoms. The lowest BCUT2D eigenvalue weighted by Gasteiger charge is -2.22. The molecule has 0 N–H and O–H groups in total. The van der Waals surface area contributed by atoms with E-state index in [9.17, 15) is 10.1 Å². The number of rotatable bonds is 4. The van der Waals surface area contributed by atoms with Crippen molar-refractivity contribution in [3.05, 3.63) is 39.2 Å². The van der Waals surface area contributed by atoms with Gasteiger partial charge < -0.3 is 14.5 Å². The summed E-state index contributed by atoms with van der Waals surface area (Å²) in [6.07, 6.45) is 1.33. The summed E-state index contributed by atoms with van der Waals surface area (Å²) in [6, 6.07) is 3.48. The Bertz CT molecular complexity index is 521. The molecule has 1 atom stereocenters. The van der Waals surface area contributed by atoms with Crippen LogP contribution in [0.4, 0.5) is 0 Å². The molecule has 2 heterocycles. The average molecular weight is 300 g/mol. The van der Waals surface area contributed by atoms with Crippen molar-refractivity contribution in [2.45, 2.75) is 12.8 Å². The van der Waals surface area contributed by atoms with Crippen LogP contribution in [0.1, 0.15) is 5.56 Å². The molecule has 0 spiro atoms. The van der Waals surface area contributed by atoms with Gasteiger partial charge in [-0.1, -0.05) is 17.7 Å². The molecule has 1 unspecified atom stereocenters. The van der Waals surface area contributed by atoms with Crippen molar-refractivity contribution >= 4 is 17.6 Å². The Kier molecular flexibility index (Phi) is 4.35. The Morgan fingerprint density at radius 1 is 1.65 bits per heavy atom. The zero-order valence-corrected chi connectivity index (χ0v) is 11.8. The van der Waals surface area contributed by atoms with Crippen LogP contribution in [0, 0.1) is 10.1 Å². The third kappa shape index (κ3) is 3.14. The first-order chi connectivity index (χ1) is 9.51. The minimum atomic E-state index is -0.711. The van der Waals surface area contributed by atoms with Crippen molar-refractivity contribution in [1.82, 2.24) is 14.8 Å². The summed E-state index contributed by atoms with van der Waals surface area (Å²) in [5, 5.41) is 13.7. The number of hydrogen-bond acceptors (Lipinski definition) is 4. The second-order valence-corrected chi connectivity index (χ2v) is 4.71. The summed E-state index contributed by atoms with van der Waals surface area (Å²) in [5.41, 5.74) is 0.864. The van der Waals surface area contributed by atoms with Crippen molar-refractivity contribution in [3.8, 4) is 0 Å². The quantitative estimate of drug-likeness (QED) is 0.468. The van der Waals surface area contributed by atoms with Gasteiger partial charge in [0.05, 0.1) is 13.1 Å². The smallest absolute Gasteiger partial charge is 0.276 e. The summed E-state index contributed by atoms with van der Waals surface area (Å²) < 4.78 is 5.34. The maximum Gasteiger partial charge on any atom is 0.276 e. The van der Waals surface area contributed by atoms with Gasteiger partial charge in [-0.3, -0.25) is 0 Å². The van der Waals surface area contributed by atoms with Crippen molar-refractivity contribution in [3.63, 3.8) is 0 Å². The first-order valence-corrected chi connectivity index (χ1v) is 6.23. The third-order valence-corrected chi connectivity index (χ3v) is 3.18. The number of likely N-dealkylation sites (N-methyl/N-ethyl adjacent to an activating group) is 1. The van der Waals surface area contributed by atoms with Gasteiger partial charge in [0.2, 0.25) is 0 Å². The molecular formula is C11H14ClN5O3. The molecule has 8 nitrogen and oxygen atoms in total. The van der Waals surface area contributed by atoms with E-state index >= 15 is 0 Å². The molecule has 2 rings (SSSR count). The van der Waals surface area contributed by atoms with Gasteiger partial charge in [0.1, 0.15) is 16.5 Å². The van der Waals surface area contributed by atoms with Gasteiger partial charge in [0.15, 0.2) is 5.03 Å². The topological polar surface area (TPSA) is 84.1 Å². The Labute approximate surface area is 120 Å². The molecule has 1 aromatic rings. The van der Waals surface area contributed by atoms with Crippen LogP contribution in [-0.4, -0.2) is 52.7 Å². The predicted octanol–water partition coefficient (Wildman–Crippen LogP) is 1.00. The van der Waals surface area contributed by atoms with E-state index in [0.29, 0.717) is 18.2 Å². The minimum Gasteiger partial charge on any atom is -0.360 e. The number of hydrazone groups is 1.